The molecule has 0 aliphatic carbocycles. The zero-order valence-corrected chi connectivity index (χ0v) is 15.2. The lowest BCUT2D eigenvalue weighted by molar-refractivity contribution is -0.120. The van der Waals surface area contributed by atoms with Crippen LogP contribution in [0.2, 0.25) is 0 Å². The number of rotatable bonds is 4. The molecule has 0 bridgehead atoms. The van der Waals surface area contributed by atoms with Crippen LogP contribution in [0.1, 0.15) is 23.5 Å². The summed E-state index contributed by atoms with van der Waals surface area (Å²) in [6.45, 7) is 0. The van der Waals surface area contributed by atoms with Gasteiger partial charge in [0.2, 0.25) is 5.91 Å². The summed E-state index contributed by atoms with van der Waals surface area (Å²) in [5.74, 6) is 0.488. The third kappa shape index (κ3) is 3.89. The Morgan fingerprint density at radius 3 is 2.54 bits per heavy atom. The van der Waals surface area contributed by atoms with Crippen molar-refractivity contribution in [3.63, 3.8) is 0 Å². The molecule has 1 aliphatic heterocycles. The molecule has 1 unspecified atom stereocenters. The highest BCUT2D eigenvalue weighted by molar-refractivity contribution is 9.10. The lowest BCUT2D eigenvalue weighted by Crippen LogP contribution is -2.30. The molecule has 1 heterocycles. The van der Waals surface area contributed by atoms with Crippen molar-refractivity contribution in [3.8, 4) is 6.07 Å². The number of nitrogens with one attached hydrogen (secondary N) is 1. The standard InChI is InChI=1S/C19H15BrN2OS/c20-15-8-6-14(7-9-15)16-10-18(23)22-19(17(16)11-21)24-12-13-4-2-1-3-5-13/h1-9,16H,10,12H2,(H,22,23). The van der Waals surface area contributed by atoms with Crippen LogP contribution in [-0.4, -0.2) is 5.91 Å². The second-order valence-corrected chi connectivity index (χ2v) is 7.39. The summed E-state index contributed by atoms with van der Waals surface area (Å²) in [6.07, 6.45) is 0.305. The van der Waals surface area contributed by atoms with Crippen LogP contribution in [0.3, 0.4) is 0 Å². The smallest absolute Gasteiger partial charge is 0.225 e. The zero-order valence-electron chi connectivity index (χ0n) is 12.8. The molecule has 2 aromatic rings. The molecule has 1 aliphatic rings. The van der Waals surface area contributed by atoms with Gasteiger partial charge in [-0.25, -0.2) is 0 Å². The first kappa shape index (κ1) is 16.8. The Labute approximate surface area is 153 Å². The van der Waals surface area contributed by atoms with Gasteiger partial charge in [-0.1, -0.05) is 58.4 Å². The van der Waals surface area contributed by atoms with E-state index in [-0.39, 0.29) is 11.8 Å². The van der Waals surface area contributed by atoms with Gasteiger partial charge in [0.1, 0.15) is 0 Å². The molecule has 1 atom stereocenters. The number of allylic oxidation sites excluding steroid dienone is 1. The fourth-order valence-corrected chi connectivity index (χ4v) is 3.94. The number of thioether (sulfide) groups is 1. The average Bonchev–Trinajstić information content (AvgIpc) is 2.61. The molecule has 120 valence electrons. The molecule has 2 aromatic carbocycles. The average molecular weight is 399 g/mol. The van der Waals surface area contributed by atoms with E-state index >= 15 is 0 Å². The van der Waals surface area contributed by atoms with Gasteiger partial charge in [-0.05, 0) is 23.3 Å². The Morgan fingerprint density at radius 2 is 1.88 bits per heavy atom. The van der Waals surface area contributed by atoms with E-state index < -0.39 is 0 Å². The highest BCUT2D eigenvalue weighted by Crippen LogP contribution is 2.37. The molecule has 3 nitrogen and oxygen atoms in total. The minimum atomic E-state index is -0.185. The lowest BCUT2D eigenvalue weighted by Gasteiger charge is -2.25. The first-order valence-electron chi connectivity index (χ1n) is 7.53. The van der Waals surface area contributed by atoms with Gasteiger partial charge >= 0.3 is 0 Å². The van der Waals surface area contributed by atoms with Crippen LogP contribution in [0.25, 0.3) is 0 Å². The van der Waals surface area contributed by atoms with Crippen LogP contribution in [0.4, 0.5) is 0 Å². The normalized spacial score (nSPS) is 17.3. The van der Waals surface area contributed by atoms with Gasteiger partial charge in [-0.3, -0.25) is 4.79 Å². The third-order valence-corrected chi connectivity index (χ3v) is 5.47. The first-order chi connectivity index (χ1) is 11.7. The van der Waals surface area contributed by atoms with Crippen LogP contribution in [-0.2, 0) is 10.5 Å². The molecule has 0 saturated carbocycles. The molecule has 0 saturated heterocycles. The van der Waals surface area contributed by atoms with Crippen molar-refractivity contribution >= 4 is 33.6 Å². The van der Waals surface area contributed by atoms with Crippen molar-refractivity contribution in [2.75, 3.05) is 0 Å². The van der Waals surface area contributed by atoms with E-state index in [0.717, 1.165) is 15.6 Å². The van der Waals surface area contributed by atoms with Crippen LogP contribution in [0.5, 0.6) is 0 Å². The molecule has 0 radical (unpaired) electrons. The van der Waals surface area contributed by atoms with E-state index in [9.17, 15) is 10.1 Å². The van der Waals surface area contributed by atoms with Crippen molar-refractivity contribution in [2.24, 2.45) is 0 Å². The minimum Gasteiger partial charge on any atom is -0.320 e. The molecule has 1 N–H and O–H groups in total. The Kier molecular flexibility index (Phi) is 5.39. The summed E-state index contributed by atoms with van der Waals surface area (Å²) >= 11 is 4.92. The minimum absolute atomic E-state index is 0.0440. The Morgan fingerprint density at radius 1 is 1.17 bits per heavy atom. The quantitative estimate of drug-likeness (QED) is 0.810. The largest absolute Gasteiger partial charge is 0.320 e. The second-order valence-electron chi connectivity index (χ2n) is 5.49. The van der Waals surface area contributed by atoms with E-state index in [1.54, 1.807) is 0 Å². The SMILES string of the molecule is N#CC1=C(SCc2ccccc2)NC(=O)CC1c1ccc(Br)cc1. The number of amides is 1. The van der Waals surface area contributed by atoms with Crippen molar-refractivity contribution in [3.05, 3.63) is 80.8 Å². The van der Waals surface area contributed by atoms with Crippen molar-refractivity contribution in [1.82, 2.24) is 5.32 Å². The van der Waals surface area contributed by atoms with Crippen LogP contribution >= 0.6 is 27.7 Å². The second kappa shape index (κ2) is 7.69. The maximum absolute atomic E-state index is 12.1. The number of hydrogen-bond acceptors (Lipinski definition) is 3. The van der Waals surface area contributed by atoms with Crippen LogP contribution in [0, 0.1) is 11.3 Å². The Bertz CT molecular complexity index is 810. The van der Waals surface area contributed by atoms with Gasteiger partial charge < -0.3 is 5.32 Å². The maximum Gasteiger partial charge on any atom is 0.225 e. The van der Waals surface area contributed by atoms with Gasteiger partial charge in [-0.2, -0.15) is 5.26 Å². The van der Waals surface area contributed by atoms with Gasteiger partial charge in [0.25, 0.3) is 0 Å². The highest BCUT2D eigenvalue weighted by Gasteiger charge is 2.29. The van der Waals surface area contributed by atoms with E-state index in [2.05, 4.69) is 27.3 Å². The number of halogens is 1. The predicted molar refractivity (Wildman–Crippen MR) is 100 cm³/mol. The predicted octanol–water partition coefficient (Wildman–Crippen LogP) is 4.72. The van der Waals surface area contributed by atoms with Gasteiger partial charge in [0.15, 0.2) is 0 Å². The fourth-order valence-electron chi connectivity index (χ4n) is 2.64. The monoisotopic (exact) mass is 398 g/mol. The molecule has 24 heavy (non-hydrogen) atoms. The summed E-state index contributed by atoms with van der Waals surface area (Å²) in [5, 5.41) is 13.2. The van der Waals surface area contributed by atoms with E-state index in [4.69, 9.17) is 0 Å². The summed E-state index contributed by atoms with van der Waals surface area (Å²) in [5.41, 5.74) is 2.78. The summed E-state index contributed by atoms with van der Waals surface area (Å²) < 4.78 is 0.979. The van der Waals surface area contributed by atoms with Crippen LogP contribution in [0.15, 0.2) is 69.7 Å². The third-order valence-electron chi connectivity index (χ3n) is 3.85. The van der Waals surface area contributed by atoms with Crippen molar-refractivity contribution in [1.29, 1.82) is 5.26 Å². The summed E-state index contributed by atoms with van der Waals surface area (Å²) in [7, 11) is 0. The molecule has 0 spiro atoms. The van der Waals surface area contributed by atoms with E-state index in [1.807, 2.05) is 54.6 Å². The maximum atomic E-state index is 12.1. The molecular formula is C19H15BrN2OS. The number of hydrogen-bond donors (Lipinski definition) is 1. The number of carbonyl (C=O) groups excluding carboxylic acids is 1. The molecule has 3 rings (SSSR count). The number of nitrogens with zero attached hydrogens (tertiary/aromatic N) is 1. The number of carbonyl (C=O) groups is 1. The van der Waals surface area contributed by atoms with Gasteiger partial charge in [0, 0.05) is 22.6 Å². The highest BCUT2D eigenvalue weighted by atomic mass is 79.9. The molecule has 5 heteroatoms. The molecule has 0 fully saturated rings. The molecule has 0 aromatic heterocycles. The topological polar surface area (TPSA) is 52.9 Å². The lowest BCUT2D eigenvalue weighted by atomic mass is 9.87. The zero-order chi connectivity index (χ0) is 16.9. The van der Waals surface area contributed by atoms with Gasteiger partial charge in [-0.15, -0.1) is 11.8 Å². The number of benzene rings is 2. The Balaban J connectivity index is 1.88. The number of nitriles is 1. The molecule has 1 amide bonds. The first-order valence-corrected chi connectivity index (χ1v) is 9.31. The Hall–Kier alpha value is -2.03. The van der Waals surface area contributed by atoms with Crippen molar-refractivity contribution in [2.45, 2.75) is 18.1 Å². The van der Waals surface area contributed by atoms with E-state index in [1.165, 1.54) is 11.8 Å². The fraction of sp³-hybridized carbons (Fsp3) is 0.158. The summed E-state index contributed by atoms with van der Waals surface area (Å²) in [4.78, 5) is 12.1. The van der Waals surface area contributed by atoms with Crippen molar-refractivity contribution < 1.29 is 4.79 Å². The molecular weight excluding hydrogens is 384 g/mol. The summed E-state index contributed by atoms with van der Waals surface area (Å²) in [6, 6.07) is 20.1. The van der Waals surface area contributed by atoms with Gasteiger partial charge in [0.05, 0.1) is 16.7 Å². The van der Waals surface area contributed by atoms with E-state index in [0.29, 0.717) is 22.8 Å². The van der Waals surface area contributed by atoms with Crippen LogP contribution < -0.4 is 5.32 Å².